The van der Waals surface area contributed by atoms with Gasteiger partial charge in [-0.15, -0.1) is 0 Å². The number of benzene rings is 4. The number of Topliss-reactive ketones (excluding diaryl/α,β-unsaturated/α-hetero) is 1. The fourth-order valence-electron chi connectivity index (χ4n) is 3.79. The van der Waals surface area contributed by atoms with E-state index in [-0.39, 0.29) is 11.1 Å². The molecule has 0 spiro atoms. The zero-order valence-corrected chi connectivity index (χ0v) is 17.2. The van der Waals surface area contributed by atoms with E-state index in [1.54, 1.807) is 12.1 Å². The van der Waals surface area contributed by atoms with E-state index in [1.165, 1.54) is 0 Å². The van der Waals surface area contributed by atoms with Crippen molar-refractivity contribution in [3.63, 3.8) is 0 Å². The largest absolute Gasteiger partial charge is 0.288 e. The van der Waals surface area contributed by atoms with Gasteiger partial charge in [0.15, 0.2) is 0 Å². The highest BCUT2D eigenvalue weighted by atomic mass is 31.2. The summed E-state index contributed by atoms with van der Waals surface area (Å²) in [6.07, 6.45) is 0. The van der Waals surface area contributed by atoms with Crippen molar-refractivity contribution in [2.45, 2.75) is 0 Å². The Labute approximate surface area is 177 Å². The van der Waals surface area contributed by atoms with E-state index in [9.17, 15) is 10.1 Å². The van der Waals surface area contributed by atoms with E-state index >= 15 is 0 Å². The lowest BCUT2D eigenvalue weighted by Gasteiger charge is -2.30. The molecule has 0 aromatic heterocycles. The lowest BCUT2D eigenvalue weighted by Crippen LogP contribution is -2.33. The number of ketones is 1. The Kier molecular flexibility index (Phi) is 5.75. The molecule has 0 unspecified atom stereocenters. The van der Waals surface area contributed by atoms with Crippen molar-refractivity contribution in [1.82, 2.24) is 0 Å². The minimum Gasteiger partial charge on any atom is -0.288 e. The second-order valence-corrected chi connectivity index (χ2v) is 10.2. The summed E-state index contributed by atoms with van der Waals surface area (Å²) in [5, 5.41) is 13.7. The summed E-state index contributed by atoms with van der Waals surface area (Å²) < 4.78 is 0. The second kappa shape index (κ2) is 8.78. The predicted octanol–water partition coefficient (Wildman–Crippen LogP) is 4.56. The number of carbonyl (C=O) groups is 1. The van der Waals surface area contributed by atoms with Crippen molar-refractivity contribution in [1.29, 1.82) is 5.26 Å². The highest BCUT2D eigenvalue weighted by Crippen LogP contribution is 2.46. The van der Waals surface area contributed by atoms with E-state index in [4.69, 9.17) is 0 Å². The minimum absolute atomic E-state index is 0.219. The van der Waals surface area contributed by atoms with E-state index in [0.29, 0.717) is 5.56 Å². The standard InChI is InChI=1S/C27H20NOP/c28-21-26(27(29)22-13-5-1-6-14-22)30(23-15-7-2-8-16-23,24-17-9-3-10-18-24)25-19-11-4-12-20-25/h1-20H. The number of rotatable bonds is 5. The third-order valence-electron chi connectivity index (χ3n) is 5.12. The third-order valence-corrected chi connectivity index (χ3v) is 9.31. The molecule has 0 N–H and O–H groups in total. The first-order valence-corrected chi connectivity index (χ1v) is 11.5. The molecule has 4 aromatic rings. The molecule has 0 saturated carbocycles. The summed E-state index contributed by atoms with van der Waals surface area (Å²) in [7, 11) is 0. The molecular weight excluding hydrogens is 385 g/mol. The Morgan fingerprint density at radius 2 is 0.900 bits per heavy atom. The third kappa shape index (κ3) is 3.41. The van der Waals surface area contributed by atoms with E-state index < -0.39 is 6.89 Å². The quantitative estimate of drug-likeness (QED) is 0.361. The summed E-state index contributed by atoms with van der Waals surface area (Å²) in [4.78, 5) is 13.7. The molecule has 2 nitrogen and oxygen atoms in total. The van der Waals surface area contributed by atoms with E-state index in [0.717, 1.165) is 15.9 Å². The second-order valence-electron chi connectivity index (χ2n) is 6.83. The van der Waals surface area contributed by atoms with Crippen LogP contribution in [0.25, 0.3) is 0 Å². The molecule has 0 bridgehead atoms. The van der Waals surface area contributed by atoms with Gasteiger partial charge in [-0.05, 0) is 22.8 Å². The van der Waals surface area contributed by atoms with Crippen LogP contribution in [0.2, 0.25) is 0 Å². The molecule has 144 valence electrons. The Morgan fingerprint density at radius 3 is 1.23 bits per heavy atom. The number of carbonyl (C=O) groups excluding carboxylic acids is 1. The van der Waals surface area contributed by atoms with Crippen molar-refractivity contribution in [2.24, 2.45) is 0 Å². The molecule has 0 aliphatic rings. The summed E-state index contributed by atoms with van der Waals surface area (Å²) >= 11 is 0. The molecule has 0 atom stereocenters. The normalized spacial score (nSPS) is 10.8. The first-order chi connectivity index (χ1) is 14.8. The van der Waals surface area contributed by atoms with Crippen LogP contribution in [0.4, 0.5) is 0 Å². The zero-order valence-electron chi connectivity index (χ0n) is 16.3. The number of hydrogen-bond donors (Lipinski definition) is 0. The van der Waals surface area contributed by atoms with Gasteiger partial charge in [-0.25, -0.2) is 0 Å². The highest BCUT2D eigenvalue weighted by molar-refractivity contribution is 7.97. The van der Waals surface area contributed by atoms with Crippen LogP contribution in [0.3, 0.4) is 0 Å². The lowest BCUT2D eigenvalue weighted by molar-refractivity contribution is 0.106. The summed E-state index contributed by atoms with van der Waals surface area (Å²) in [5.74, 6) is -0.219. The Balaban J connectivity index is 2.22. The molecule has 4 rings (SSSR count). The molecule has 0 heterocycles. The molecule has 0 aliphatic carbocycles. The van der Waals surface area contributed by atoms with Gasteiger partial charge >= 0.3 is 0 Å². The summed E-state index contributed by atoms with van der Waals surface area (Å²) in [6, 6.07) is 41.3. The zero-order chi connectivity index (χ0) is 20.8. The summed E-state index contributed by atoms with van der Waals surface area (Å²) in [5.41, 5.74) is 0.529. The maximum atomic E-state index is 13.7. The molecule has 0 fully saturated rings. The van der Waals surface area contributed by atoms with Crippen LogP contribution < -0.4 is 15.9 Å². The first kappa shape index (κ1) is 19.6. The van der Waals surface area contributed by atoms with Gasteiger partial charge < -0.3 is 0 Å². The predicted molar refractivity (Wildman–Crippen MR) is 127 cm³/mol. The van der Waals surface area contributed by atoms with Crippen molar-refractivity contribution in [3.8, 4) is 6.07 Å². The molecule has 3 heteroatoms. The molecule has 30 heavy (non-hydrogen) atoms. The van der Waals surface area contributed by atoms with Gasteiger partial charge in [-0.2, -0.15) is 5.26 Å². The van der Waals surface area contributed by atoms with Crippen LogP contribution in [-0.2, 0) is 0 Å². The molecule has 0 amide bonds. The van der Waals surface area contributed by atoms with Gasteiger partial charge in [0.05, 0.1) is 0 Å². The Morgan fingerprint density at radius 1 is 0.567 bits per heavy atom. The van der Waals surface area contributed by atoms with Gasteiger partial charge in [0, 0.05) is 5.56 Å². The molecule has 0 radical (unpaired) electrons. The van der Waals surface area contributed by atoms with Gasteiger partial charge in [-0.3, -0.25) is 4.79 Å². The molecule has 0 saturated heterocycles. The molecule has 0 aliphatic heterocycles. The van der Waals surface area contributed by atoms with Crippen LogP contribution in [0, 0.1) is 11.3 Å². The Bertz CT molecular complexity index is 1140. The number of nitrogens with zero attached hydrogens (tertiary/aromatic N) is 1. The van der Waals surface area contributed by atoms with Crippen molar-refractivity contribution >= 4 is 33.9 Å². The van der Waals surface area contributed by atoms with Gasteiger partial charge in [-0.1, -0.05) is 121 Å². The smallest absolute Gasteiger partial charge is 0.204 e. The van der Waals surface area contributed by atoms with Gasteiger partial charge in [0.25, 0.3) is 0 Å². The van der Waals surface area contributed by atoms with Crippen LogP contribution in [0.1, 0.15) is 10.4 Å². The number of nitriles is 1. The average molecular weight is 405 g/mol. The molecular formula is C27H20NOP. The fraction of sp³-hybridized carbons (Fsp3) is 0. The molecule has 4 aromatic carbocycles. The Hall–Kier alpha value is -3.66. The van der Waals surface area contributed by atoms with Crippen LogP contribution in [0.5, 0.6) is 0 Å². The van der Waals surface area contributed by atoms with E-state index in [2.05, 4.69) is 6.07 Å². The van der Waals surface area contributed by atoms with E-state index in [1.807, 2.05) is 109 Å². The SMILES string of the molecule is N#CC(C(=O)c1ccccc1)=P(c1ccccc1)(c1ccccc1)c1ccccc1. The maximum absolute atomic E-state index is 13.7. The van der Waals surface area contributed by atoms with Crippen LogP contribution in [-0.4, -0.2) is 11.1 Å². The van der Waals surface area contributed by atoms with Crippen molar-refractivity contribution in [3.05, 3.63) is 127 Å². The van der Waals surface area contributed by atoms with Crippen LogP contribution >= 0.6 is 6.89 Å². The maximum Gasteiger partial charge on any atom is 0.204 e. The average Bonchev–Trinajstić information content (AvgIpc) is 2.84. The number of hydrogen-bond acceptors (Lipinski definition) is 2. The first-order valence-electron chi connectivity index (χ1n) is 9.71. The van der Waals surface area contributed by atoms with Crippen molar-refractivity contribution < 1.29 is 4.79 Å². The van der Waals surface area contributed by atoms with Gasteiger partial charge in [0.2, 0.25) is 5.78 Å². The van der Waals surface area contributed by atoms with Gasteiger partial charge in [0.1, 0.15) is 11.4 Å². The van der Waals surface area contributed by atoms with Crippen molar-refractivity contribution in [2.75, 3.05) is 0 Å². The van der Waals surface area contributed by atoms with Crippen LogP contribution in [0.15, 0.2) is 121 Å². The monoisotopic (exact) mass is 405 g/mol. The minimum atomic E-state index is -2.68. The fourth-order valence-corrected chi connectivity index (χ4v) is 7.90. The summed E-state index contributed by atoms with van der Waals surface area (Å²) in [6.45, 7) is -2.68. The lowest BCUT2D eigenvalue weighted by atomic mass is 10.1. The highest BCUT2D eigenvalue weighted by Gasteiger charge is 2.33. The topological polar surface area (TPSA) is 40.9 Å².